The number of esters is 1. The molecule has 0 amide bonds. The highest BCUT2D eigenvalue weighted by molar-refractivity contribution is 9.10. The maximum atomic E-state index is 11.8. The van der Waals surface area contributed by atoms with E-state index in [0.717, 1.165) is 31.8 Å². The van der Waals surface area contributed by atoms with Crippen molar-refractivity contribution in [2.75, 3.05) is 6.61 Å². The number of nitrogens with one attached hydrogen (secondary N) is 1. The molecule has 0 aliphatic rings. The summed E-state index contributed by atoms with van der Waals surface area (Å²) in [4.78, 5) is 19.3. The standard InChI is InChI=1S/C15H13BrN2O2/c1-3-20-15(19)12-6-10-11-5-9(16)4-8(2)14(11)18-13(10)7-17-12/h4-7,18H,3H2,1-2H3. The topological polar surface area (TPSA) is 55.0 Å². The highest BCUT2D eigenvalue weighted by Gasteiger charge is 2.13. The Hall–Kier alpha value is -1.88. The lowest BCUT2D eigenvalue weighted by atomic mass is 10.1. The van der Waals surface area contributed by atoms with Gasteiger partial charge in [-0.05, 0) is 37.6 Å². The number of aryl methyl sites for hydroxylation is 1. The number of ether oxygens (including phenoxy) is 1. The molecule has 0 saturated carbocycles. The Bertz CT molecular complexity index is 823. The highest BCUT2D eigenvalue weighted by Crippen LogP contribution is 2.30. The molecule has 2 aromatic heterocycles. The van der Waals surface area contributed by atoms with Gasteiger partial charge in [-0.15, -0.1) is 0 Å². The smallest absolute Gasteiger partial charge is 0.356 e. The van der Waals surface area contributed by atoms with Gasteiger partial charge in [-0.1, -0.05) is 15.9 Å². The molecular formula is C15H13BrN2O2. The summed E-state index contributed by atoms with van der Waals surface area (Å²) in [6.45, 7) is 4.17. The summed E-state index contributed by atoms with van der Waals surface area (Å²) in [5.74, 6) is -0.393. The van der Waals surface area contributed by atoms with Gasteiger partial charge in [0.1, 0.15) is 5.69 Å². The Labute approximate surface area is 124 Å². The van der Waals surface area contributed by atoms with E-state index < -0.39 is 5.97 Å². The summed E-state index contributed by atoms with van der Waals surface area (Å²) in [5.41, 5.74) is 3.45. The monoisotopic (exact) mass is 332 g/mol. The number of halogens is 1. The third kappa shape index (κ3) is 2.08. The van der Waals surface area contributed by atoms with Crippen molar-refractivity contribution < 1.29 is 9.53 Å². The Balaban J connectivity index is 2.27. The highest BCUT2D eigenvalue weighted by atomic mass is 79.9. The molecule has 5 heteroatoms. The molecule has 0 saturated heterocycles. The second kappa shape index (κ2) is 4.90. The van der Waals surface area contributed by atoms with Crippen LogP contribution in [0, 0.1) is 6.92 Å². The van der Waals surface area contributed by atoms with Gasteiger partial charge in [-0.2, -0.15) is 0 Å². The van der Waals surface area contributed by atoms with Crippen LogP contribution < -0.4 is 0 Å². The van der Waals surface area contributed by atoms with E-state index in [9.17, 15) is 4.79 Å². The number of aromatic amines is 1. The van der Waals surface area contributed by atoms with E-state index in [2.05, 4.69) is 32.0 Å². The Morgan fingerprint density at radius 2 is 2.15 bits per heavy atom. The van der Waals surface area contributed by atoms with Gasteiger partial charge >= 0.3 is 5.97 Å². The zero-order valence-corrected chi connectivity index (χ0v) is 12.7. The molecule has 3 aromatic rings. The first kappa shape index (κ1) is 13.1. The van der Waals surface area contributed by atoms with Crippen molar-refractivity contribution in [3.8, 4) is 0 Å². The number of aromatic nitrogens is 2. The number of carbonyl (C=O) groups is 1. The molecule has 0 atom stereocenters. The second-order valence-corrected chi connectivity index (χ2v) is 5.52. The SMILES string of the molecule is CCOC(=O)c1cc2c(cn1)[nH]c1c(C)cc(Br)cc12. The van der Waals surface area contributed by atoms with Crippen LogP contribution in [0.4, 0.5) is 0 Å². The van der Waals surface area contributed by atoms with E-state index in [1.807, 2.05) is 13.0 Å². The Morgan fingerprint density at radius 1 is 1.35 bits per heavy atom. The molecule has 0 radical (unpaired) electrons. The van der Waals surface area contributed by atoms with Crippen LogP contribution >= 0.6 is 15.9 Å². The van der Waals surface area contributed by atoms with E-state index in [1.165, 1.54) is 0 Å². The first-order chi connectivity index (χ1) is 9.60. The lowest BCUT2D eigenvalue weighted by Gasteiger charge is -2.01. The van der Waals surface area contributed by atoms with E-state index in [0.29, 0.717) is 12.3 Å². The predicted molar refractivity (Wildman–Crippen MR) is 82.0 cm³/mol. The molecule has 2 heterocycles. The second-order valence-electron chi connectivity index (χ2n) is 4.61. The van der Waals surface area contributed by atoms with Crippen LogP contribution in [-0.4, -0.2) is 22.5 Å². The number of fused-ring (bicyclic) bond motifs is 3. The van der Waals surface area contributed by atoms with Crippen LogP contribution in [0.5, 0.6) is 0 Å². The molecule has 0 bridgehead atoms. The van der Waals surface area contributed by atoms with Gasteiger partial charge in [0.15, 0.2) is 0 Å². The summed E-state index contributed by atoms with van der Waals surface area (Å²) in [6, 6.07) is 5.87. The van der Waals surface area contributed by atoms with Gasteiger partial charge in [0, 0.05) is 20.8 Å². The van der Waals surface area contributed by atoms with Gasteiger partial charge in [0.2, 0.25) is 0 Å². The minimum absolute atomic E-state index is 0.331. The van der Waals surface area contributed by atoms with E-state index in [4.69, 9.17) is 4.74 Å². The van der Waals surface area contributed by atoms with Crippen LogP contribution in [-0.2, 0) is 4.74 Å². The zero-order valence-electron chi connectivity index (χ0n) is 11.2. The average Bonchev–Trinajstić information content (AvgIpc) is 2.77. The van der Waals surface area contributed by atoms with Crippen LogP contribution in [0.1, 0.15) is 23.0 Å². The minimum atomic E-state index is -0.393. The maximum absolute atomic E-state index is 11.8. The van der Waals surface area contributed by atoms with Gasteiger partial charge in [-0.3, -0.25) is 0 Å². The molecular weight excluding hydrogens is 320 g/mol. The molecule has 0 unspecified atom stereocenters. The number of benzene rings is 1. The normalized spacial score (nSPS) is 11.2. The fourth-order valence-electron chi connectivity index (χ4n) is 2.35. The molecule has 20 heavy (non-hydrogen) atoms. The zero-order chi connectivity index (χ0) is 14.3. The molecule has 3 rings (SSSR count). The average molecular weight is 333 g/mol. The van der Waals surface area contributed by atoms with Crippen molar-refractivity contribution in [1.29, 1.82) is 0 Å². The van der Waals surface area contributed by atoms with Crippen molar-refractivity contribution in [2.24, 2.45) is 0 Å². The largest absolute Gasteiger partial charge is 0.461 e. The van der Waals surface area contributed by atoms with Crippen LogP contribution in [0.15, 0.2) is 28.9 Å². The van der Waals surface area contributed by atoms with E-state index >= 15 is 0 Å². The number of nitrogens with zero attached hydrogens (tertiary/aromatic N) is 1. The summed E-state index contributed by atoms with van der Waals surface area (Å²) >= 11 is 3.50. The van der Waals surface area contributed by atoms with Crippen LogP contribution in [0.25, 0.3) is 21.8 Å². The molecule has 0 aliphatic carbocycles. The number of hydrogen-bond acceptors (Lipinski definition) is 3. The number of carbonyl (C=O) groups excluding carboxylic acids is 1. The number of hydrogen-bond donors (Lipinski definition) is 1. The van der Waals surface area contributed by atoms with E-state index in [-0.39, 0.29) is 0 Å². The summed E-state index contributed by atoms with van der Waals surface area (Å²) in [7, 11) is 0. The molecule has 0 aliphatic heterocycles. The van der Waals surface area contributed by atoms with Gasteiger partial charge < -0.3 is 9.72 Å². The Morgan fingerprint density at radius 3 is 2.90 bits per heavy atom. The van der Waals surface area contributed by atoms with Gasteiger partial charge in [-0.25, -0.2) is 9.78 Å². The predicted octanol–water partition coefficient (Wildman–Crippen LogP) is 3.96. The van der Waals surface area contributed by atoms with Crippen molar-refractivity contribution in [2.45, 2.75) is 13.8 Å². The summed E-state index contributed by atoms with van der Waals surface area (Å²) in [6.07, 6.45) is 1.68. The molecule has 0 spiro atoms. The van der Waals surface area contributed by atoms with E-state index in [1.54, 1.807) is 19.2 Å². The van der Waals surface area contributed by atoms with Crippen LogP contribution in [0.2, 0.25) is 0 Å². The van der Waals surface area contributed by atoms with Crippen molar-refractivity contribution in [3.63, 3.8) is 0 Å². The third-order valence-electron chi connectivity index (χ3n) is 3.24. The molecule has 102 valence electrons. The fraction of sp³-hybridized carbons (Fsp3) is 0.200. The fourth-order valence-corrected chi connectivity index (χ4v) is 2.92. The van der Waals surface area contributed by atoms with Crippen molar-refractivity contribution in [1.82, 2.24) is 9.97 Å². The Kier molecular flexibility index (Phi) is 3.22. The lowest BCUT2D eigenvalue weighted by Crippen LogP contribution is -2.06. The number of pyridine rings is 1. The molecule has 0 fully saturated rings. The summed E-state index contributed by atoms with van der Waals surface area (Å²) < 4.78 is 6.00. The molecule has 1 N–H and O–H groups in total. The third-order valence-corrected chi connectivity index (χ3v) is 3.70. The number of rotatable bonds is 2. The van der Waals surface area contributed by atoms with Crippen molar-refractivity contribution in [3.05, 3.63) is 40.1 Å². The number of H-pyrrole nitrogens is 1. The van der Waals surface area contributed by atoms with Gasteiger partial charge in [0.25, 0.3) is 0 Å². The van der Waals surface area contributed by atoms with Gasteiger partial charge in [0.05, 0.1) is 18.3 Å². The van der Waals surface area contributed by atoms with Crippen LogP contribution in [0.3, 0.4) is 0 Å². The maximum Gasteiger partial charge on any atom is 0.356 e. The lowest BCUT2D eigenvalue weighted by molar-refractivity contribution is 0.0520. The molecule has 1 aromatic carbocycles. The first-order valence-corrected chi connectivity index (χ1v) is 7.14. The quantitative estimate of drug-likeness (QED) is 0.722. The van der Waals surface area contributed by atoms with Crippen molar-refractivity contribution >= 4 is 43.7 Å². The first-order valence-electron chi connectivity index (χ1n) is 6.35. The minimum Gasteiger partial charge on any atom is -0.461 e. The summed E-state index contributed by atoms with van der Waals surface area (Å²) in [5, 5.41) is 2.04. The molecule has 4 nitrogen and oxygen atoms in total.